The van der Waals surface area contributed by atoms with Crippen molar-refractivity contribution in [1.82, 2.24) is 0 Å². The van der Waals surface area contributed by atoms with Crippen LogP contribution in [0.25, 0.3) is 10.8 Å². The van der Waals surface area contributed by atoms with Crippen molar-refractivity contribution in [2.75, 3.05) is 19.8 Å². The van der Waals surface area contributed by atoms with Gasteiger partial charge in [-0.2, -0.15) is 0 Å². The Morgan fingerprint density at radius 2 is 1.94 bits per heavy atom. The molecule has 0 spiro atoms. The van der Waals surface area contributed by atoms with Crippen molar-refractivity contribution in [3.63, 3.8) is 0 Å². The Balaban J connectivity index is 1.79. The van der Waals surface area contributed by atoms with Crippen LogP contribution in [0.3, 0.4) is 0 Å². The molecule has 0 radical (unpaired) electrons. The fourth-order valence-corrected chi connectivity index (χ4v) is 2.17. The fraction of sp³-hybridized carbons (Fsp3) is 0.333. The highest BCUT2D eigenvalue weighted by molar-refractivity contribution is 5.85. The van der Waals surface area contributed by atoms with Crippen molar-refractivity contribution < 1.29 is 14.6 Å². The summed E-state index contributed by atoms with van der Waals surface area (Å²) in [7, 11) is 0. The van der Waals surface area contributed by atoms with Crippen LogP contribution in [-0.4, -0.2) is 31.0 Å². The highest BCUT2D eigenvalue weighted by Gasteiger charge is 2.21. The minimum atomic E-state index is -0.586. The van der Waals surface area contributed by atoms with Gasteiger partial charge in [0.25, 0.3) is 0 Å². The van der Waals surface area contributed by atoms with Crippen LogP contribution in [0.1, 0.15) is 11.7 Å². The summed E-state index contributed by atoms with van der Waals surface area (Å²) in [5.41, 5.74) is 0.924. The van der Waals surface area contributed by atoms with E-state index >= 15 is 0 Å². The third-order valence-corrected chi connectivity index (χ3v) is 3.28. The summed E-state index contributed by atoms with van der Waals surface area (Å²) >= 11 is 0. The van der Waals surface area contributed by atoms with E-state index in [1.807, 2.05) is 42.5 Å². The predicted molar refractivity (Wildman–Crippen MR) is 69.5 cm³/mol. The maximum absolute atomic E-state index is 10.2. The zero-order valence-corrected chi connectivity index (χ0v) is 10.1. The van der Waals surface area contributed by atoms with Gasteiger partial charge in [0.15, 0.2) is 0 Å². The number of aliphatic hydroxyl groups is 1. The molecule has 18 heavy (non-hydrogen) atoms. The molecule has 2 aromatic carbocycles. The van der Waals surface area contributed by atoms with Gasteiger partial charge >= 0.3 is 0 Å². The molecule has 0 saturated carbocycles. The van der Waals surface area contributed by atoms with Gasteiger partial charge in [-0.25, -0.2) is 0 Å². The lowest BCUT2D eigenvalue weighted by Gasteiger charge is -2.27. The molecule has 1 aliphatic rings. The Morgan fingerprint density at radius 1 is 1.17 bits per heavy atom. The Bertz CT molecular complexity index is 529. The molecule has 1 fully saturated rings. The summed E-state index contributed by atoms with van der Waals surface area (Å²) in [6.07, 6.45) is -0.439. The van der Waals surface area contributed by atoms with Crippen LogP contribution in [0.4, 0.5) is 0 Å². The average Bonchev–Trinajstić information content (AvgIpc) is 2.36. The SMILES string of the molecule is OC(COC1COC1)c1cccc2ccccc12. The van der Waals surface area contributed by atoms with Crippen LogP contribution in [0, 0.1) is 0 Å². The second kappa shape index (κ2) is 5.06. The van der Waals surface area contributed by atoms with E-state index in [4.69, 9.17) is 9.47 Å². The summed E-state index contributed by atoms with van der Waals surface area (Å²) in [4.78, 5) is 0. The highest BCUT2D eigenvalue weighted by atomic mass is 16.6. The lowest BCUT2D eigenvalue weighted by molar-refractivity contribution is -0.143. The molecule has 0 aliphatic carbocycles. The van der Waals surface area contributed by atoms with Gasteiger partial charge in [0.2, 0.25) is 0 Å². The first-order valence-electron chi connectivity index (χ1n) is 6.19. The number of aliphatic hydroxyl groups excluding tert-OH is 1. The zero-order valence-electron chi connectivity index (χ0n) is 10.1. The lowest BCUT2D eigenvalue weighted by Crippen LogP contribution is -2.37. The predicted octanol–water partition coefficient (Wildman–Crippen LogP) is 2.29. The van der Waals surface area contributed by atoms with Gasteiger partial charge in [-0.05, 0) is 16.3 Å². The average molecular weight is 244 g/mol. The lowest BCUT2D eigenvalue weighted by atomic mass is 10.0. The second-order valence-electron chi connectivity index (χ2n) is 4.58. The standard InChI is InChI=1S/C15H16O3/c16-15(10-18-12-8-17-9-12)14-7-3-5-11-4-1-2-6-13(11)14/h1-7,12,15-16H,8-10H2. The van der Waals surface area contributed by atoms with Crippen molar-refractivity contribution in [2.45, 2.75) is 12.2 Å². The largest absolute Gasteiger partial charge is 0.386 e. The van der Waals surface area contributed by atoms with Gasteiger partial charge in [-0.15, -0.1) is 0 Å². The molecular weight excluding hydrogens is 228 g/mol. The maximum Gasteiger partial charge on any atom is 0.104 e. The van der Waals surface area contributed by atoms with E-state index in [0.717, 1.165) is 16.3 Å². The van der Waals surface area contributed by atoms with Crippen LogP contribution < -0.4 is 0 Å². The van der Waals surface area contributed by atoms with Gasteiger partial charge in [0.05, 0.1) is 19.8 Å². The minimum absolute atomic E-state index is 0.148. The molecule has 1 unspecified atom stereocenters. The fourth-order valence-electron chi connectivity index (χ4n) is 2.17. The van der Waals surface area contributed by atoms with Crippen LogP contribution >= 0.6 is 0 Å². The summed E-state index contributed by atoms with van der Waals surface area (Å²) in [6.45, 7) is 1.60. The van der Waals surface area contributed by atoms with E-state index in [2.05, 4.69) is 0 Å². The first-order valence-corrected chi connectivity index (χ1v) is 6.19. The van der Waals surface area contributed by atoms with Crippen molar-refractivity contribution in [1.29, 1.82) is 0 Å². The molecule has 3 nitrogen and oxygen atoms in total. The Kier molecular flexibility index (Phi) is 3.28. The number of benzene rings is 2. The van der Waals surface area contributed by atoms with Gasteiger partial charge < -0.3 is 14.6 Å². The Labute approximate surface area is 106 Å². The van der Waals surface area contributed by atoms with E-state index in [1.165, 1.54) is 0 Å². The molecule has 1 aliphatic heterocycles. The van der Waals surface area contributed by atoms with Crippen molar-refractivity contribution in [2.24, 2.45) is 0 Å². The van der Waals surface area contributed by atoms with E-state index < -0.39 is 6.10 Å². The molecule has 1 heterocycles. The van der Waals surface area contributed by atoms with Crippen LogP contribution in [0.5, 0.6) is 0 Å². The van der Waals surface area contributed by atoms with Gasteiger partial charge in [-0.3, -0.25) is 0 Å². The van der Waals surface area contributed by atoms with E-state index in [0.29, 0.717) is 19.8 Å². The molecule has 94 valence electrons. The first kappa shape index (κ1) is 11.7. The second-order valence-corrected chi connectivity index (χ2v) is 4.58. The van der Waals surface area contributed by atoms with Crippen LogP contribution in [-0.2, 0) is 9.47 Å². The molecule has 0 amide bonds. The third kappa shape index (κ3) is 2.25. The number of ether oxygens (including phenoxy) is 2. The third-order valence-electron chi connectivity index (χ3n) is 3.28. The number of hydrogen-bond donors (Lipinski definition) is 1. The van der Waals surface area contributed by atoms with Crippen LogP contribution in [0.2, 0.25) is 0 Å². The molecular formula is C15H16O3. The summed E-state index contributed by atoms with van der Waals surface area (Å²) in [6, 6.07) is 14.0. The van der Waals surface area contributed by atoms with Crippen molar-refractivity contribution in [3.05, 3.63) is 48.0 Å². The molecule has 1 N–H and O–H groups in total. The van der Waals surface area contributed by atoms with Crippen molar-refractivity contribution >= 4 is 10.8 Å². The maximum atomic E-state index is 10.2. The molecule has 1 atom stereocenters. The smallest absolute Gasteiger partial charge is 0.104 e. The van der Waals surface area contributed by atoms with Gasteiger partial charge in [0, 0.05) is 0 Å². The molecule has 1 saturated heterocycles. The van der Waals surface area contributed by atoms with Crippen LogP contribution in [0.15, 0.2) is 42.5 Å². The van der Waals surface area contributed by atoms with Crippen molar-refractivity contribution in [3.8, 4) is 0 Å². The molecule has 3 heteroatoms. The summed E-state index contributed by atoms with van der Waals surface area (Å²) < 4.78 is 10.6. The molecule has 0 aromatic heterocycles. The van der Waals surface area contributed by atoms with E-state index in [-0.39, 0.29) is 6.10 Å². The summed E-state index contributed by atoms with van der Waals surface area (Å²) in [5, 5.41) is 12.4. The Morgan fingerprint density at radius 3 is 2.72 bits per heavy atom. The first-order chi connectivity index (χ1) is 8.84. The van der Waals surface area contributed by atoms with E-state index in [9.17, 15) is 5.11 Å². The normalized spacial score (nSPS) is 17.6. The number of fused-ring (bicyclic) bond motifs is 1. The number of hydrogen-bond acceptors (Lipinski definition) is 3. The quantitative estimate of drug-likeness (QED) is 0.896. The monoisotopic (exact) mass is 244 g/mol. The molecule has 0 bridgehead atoms. The van der Waals surface area contributed by atoms with E-state index in [1.54, 1.807) is 0 Å². The molecule has 2 aromatic rings. The topological polar surface area (TPSA) is 38.7 Å². The van der Waals surface area contributed by atoms with Gasteiger partial charge in [-0.1, -0.05) is 42.5 Å². The molecule has 3 rings (SSSR count). The minimum Gasteiger partial charge on any atom is -0.386 e. The Hall–Kier alpha value is -1.42. The summed E-state index contributed by atoms with van der Waals surface area (Å²) in [5.74, 6) is 0. The number of rotatable bonds is 4. The zero-order chi connectivity index (χ0) is 12.4. The highest BCUT2D eigenvalue weighted by Crippen LogP contribution is 2.25. The van der Waals surface area contributed by atoms with Gasteiger partial charge in [0.1, 0.15) is 12.2 Å².